The van der Waals surface area contributed by atoms with E-state index in [-0.39, 0.29) is 35.8 Å². The molecular weight excluding hydrogens is 392 g/mol. The summed E-state index contributed by atoms with van der Waals surface area (Å²) in [5, 5.41) is 6.08. The maximum absolute atomic E-state index is 12.0. The van der Waals surface area contributed by atoms with Gasteiger partial charge >= 0.3 is 12.2 Å². The summed E-state index contributed by atoms with van der Waals surface area (Å²) in [6.45, 7) is 10.9. The molecule has 0 aromatic rings. The normalized spacial score (nSPS) is 26.9. The zero-order chi connectivity index (χ0) is 22.9. The number of ether oxygens (including phenoxy) is 2. The molecule has 180 valence electrons. The van der Waals surface area contributed by atoms with Crippen molar-refractivity contribution < 1.29 is 19.1 Å². The van der Waals surface area contributed by atoms with Crippen LogP contribution in [-0.2, 0) is 9.47 Å². The van der Waals surface area contributed by atoms with E-state index in [9.17, 15) is 9.59 Å². The molecule has 0 heterocycles. The first-order valence-electron chi connectivity index (χ1n) is 12.5. The average Bonchev–Trinajstić information content (AvgIpc) is 2.67. The summed E-state index contributed by atoms with van der Waals surface area (Å²) in [4.78, 5) is 23.8. The molecule has 2 rings (SSSR count). The Morgan fingerprint density at radius 1 is 0.839 bits per heavy atom. The van der Waals surface area contributed by atoms with Crippen molar-refractivity contribution in [3.05, 3.63) is 0 Å². The van der Waals surface area contributed by atoms with Crippen molar-refractivity contribution in [1.82, 2.24) is 10.6 Å². The molecule has 0 radical (unpaired) electrons. The highest BCUT2D eigenvalue weighted by Gasteiger charge is 2.28. The fourth-order valence-electron chi connectivity index (χ4n) is 4.95. The second-order valence-electron chi connectivity index (χ2n) is 11.2. The van der Waals surface area contributed by atoms with Crippen molar-refractivity contribution in [2.75, 3.05) is 6.61 Å². The molecule has 2 amide bonds. The van der Waals surface area contributed by atoms with Crippen molar-refractivity contribution in [2.24, 2.45) is 17.3 Å². The molecule has 0 aromatic heterocycles. The van der Waals surface area contributed by atoms with Crippen LogP contribution in [0.1, 0.15) is 105 Å². The van der Waals surface area contributed by atoms with E-state index in [1.165, 1.54) is 32.1 Å². The first-order chi connectivity index (χ1) is 14.6. The monoisotopic (exact) mass is 438 g/mol. The van der Waals surface area contributed by atoms with Gasteiger partial charge in [-0.25, -0.2) is 9.59 Å². The van der Waals surface area contributed by atoms with Gasteiger partial charge in [-0.1, -0.05) is 20.8 Å². The minimum atomic E-state index is -0.281. The average molecular weight is 439 g/mol. The van der Waals surface area contributed by atoms with Gasteiger partial charge in [0.15, 0.2) is 0 Å². The first kappa shape index (κ1) is 25.8. The van der Waals surface area contributed by atoms with E-state index in [4.69, 9.17) is 9.47 Å². The van der Waals surface area contributed by atoms with Crippen LogP contribution in [0.4, 0.5) is 9.59 Å². The van der Waals surface area contributed by atoms with Gasteiger partial charge in [0.1, 0.15) is 0 Å². The minimum absolute atomic E-state index is 0.0729. The van der Waals surface area contributed by atoms with Gasteiger partial charge in [0.25, 0.3) is 0 Å². The van der Waals surface area contributed by atoms with E-state index in [0.29, 0.717) is 6.61 Å². The van der Waals surface area contributed by atoms with E-state index in [0.717, 1.165) is 50.4 Å². The van der Waals surface area contributed by atoms with Crippen molar-refractivity contribution in [3.8, 4) is 0 Å². The van der Waals surface area contributed by atoms with Crippen molar-refractivity contribution in [1.29, 1.82) is 0 Å². The third-order valence-corrected chi connectivity index (χ3v) is 6.65. The Morgan fingerprint density at radius 2 is 1.32 bits per heavy atom. The van der Waals surface area contributed by atoms with Gasteiger partial charge in [0.05, 0.1) is 12.7 Å². The minimum Gasteiger partial charge on any atom is -0.450 e. The molecule has 31 heavy (non-hydrogen) atoms. The lowest BCUT2D eigenvalue weighted by atomic mass is 9.76. The highest BCUT2D eigenvalue weighted by atomic mass is 16.6. The van der Waals surface area contributed by atoms with Gasteiger partial charge in [-0.2, -0.15) is 0 Å². The predicted molar refractivity (Wildman–Crippen MR) is 124 cm³/mol. The molecule has 0 saturated heterocycles. The standard InChI is InChI=1S/C25H46N2O4/c1-18(2)31-24(29)27-22-13-9-20(10-14-22)17-19-7-11-21(12-8-19)26-23(28)30-16-6-15-25(3,4)5/h18-22H,6-17H2,1-5H3,(H,26,28)(H,27,29). The molecule has 6 heteroatoms. The topological polar surface area (TPSA) is 76.7 Å². The molecule has 2 saturated carbocycles. The van der Waals surface area contributed by atoms with Crippen LogP contribution in [0.15, 0.2) is 0 Å². The van der Waals surface area contributed by atoms with Gasteiger partial charge in [-0.05, 0) is 102 Å². The molecule has 2 N–H and O–H groups in total. The maximum atomic E-state index is 12.0. The van der Waals surface area contributed by atoms with Gasteiger partial charge in [-0.15, -0.1) is 0 Å². The fourth-order valence-corrected chi connectivity index (χ4v) is 4.95. The number of rotatable bonds is 8. The van der Waals surface area contributed by atoms with Crippen molar-refractivity contribution >= 4 is 12.2 Å². The molecule has 0 atom stereocenters. The third kappa shape index (κ3) is 11.1. The molecule has 2 fully saturated rings. The highest BCUT2D eigenvalue weighted by molar-refractivity contribution is 5.68. The summed E-state index contributed by atoms with van der Waals surface area (Å²) in [6, 6.07) is 0.523. The zero-order valence-corrected chi connectivity index (χ0v) is 20.5. The zero-order valence-electron chi connectivity index (χ0n) is 20.5. The molecular formula is C25H46N2O4. The molecule has 0 bridgehead atoms. The fraction of sp³-hybridized carbons (Fsp3) is 0.920. The number of carbonyl (C=O) groups excluding carboxylic acids is 2. The number of hydrogen-bond donors (Lipinski definition) is 2. The van der Waals surface area contributed by atoms with E-state index in [2.05, 4.69) is 31.4 Å². The Bertz CT molecular complexity index is 542. The Morgan fingerprint density at radius 3 is 1.77 bits per heavy atom. The van der Waals surface area contributed by atoms with Crippen LogP contribution >= 0.6 is 0 Å². The Labute approximate surface area is 189 Å². The highest BCUT2D eigenvalue weighted by Crippen LogP contribution is 2.35. The number of amides is 2. The SMILES string of the molecule is CC(C)OC(=O)NC1CCC(CC2CCC(NC(=O)OCCCC(C)(C)C)CC2)CC1. The summed E-state index contributed by atoms with van der Waals surface area (Å²) in [6.07, 6.45) is 11.6. The molecule has 2 aliphatic rings. The van der Waals surface area contributed by atoms with Crippen LogP contribution in [0.3, 0.4) is 0 Å². The lowest BCUT2D eigenvalue weighted by Crippen LogP contribution is -2.40. The summed E-state index contributed by atoms with van der Waals surface area (Å²) in [7, 11) is 0. The van der Waals surface area contributed by atoms with Crippen LogP contribution in [-0.4, -0.2) is 37.0 Å². The first-order valence-corrected chi connectivity index (χ1v) is 12.5. The molecule has 0 aromatic carbocycles. The van der Waals surface area contributed by atoms with Crippen LogP contribution in [0.5, 0.6) is 0 Å². The number of nitrogens with one attached hydrogen (secondary N) is 2. The van der Waals surface area contributed by atoms with Crippen LogP contribution in [0.2, 0.25) is 0 Å². The van der Waals surface area contributed by atoms with E-state index in [1.807, 2.05) is 13.8 Å². The van der Waals surface area contributed by atoms with E-state index >= 15 is 0 Å². The summed E-state index contributed by atoms with van der Waals surface area (Å²) < 4.78 is 10.5. The Hall–Kier alpha value is -1.46. The molecule has 0 unspecified atom stereocenters. The number of carbonyl (C=O) groups is 2. The second-order valence-corrected chi connectivity index (χ2v) is 11.2. The van der Waals surface area contributed by atoms with Gasteiger partial charge in [0.2, 0.25) is 0 Å². The van der Waals surface area contributed by atoms with Gasteiger partial charge in [0, 0.05) is 12.1 Å². The molecule has 0 spiro atoms. The third-order valence-electron chi connectivity index (χ3n) is 6.65. The summed E-state index contributed by atoms with van der Waals surface area (Å²) in [5.41, 5.74) is 0.285. The summed E-state index contributed by atoms with van der Waals surface area (Å²) >= 11 is 0. The maximum Gasteiger partial charge on any atom is 0.407 e. The lowest BCUT2D eigenvalue weighted by molar-refractivity contribution is 0.107. The van der Waals surface area contributed by atoms with Crippen LogP contribution < -0.4 is 10.6 Å². The predicted octanol–water partition coefficient (Wildman–Crippen LogP) is 6.18. The molecule has 2 aliphatic carbocycles. The number of alkyl carbamates (subject to hydrolysis) is 2. The smallest absolute Gasteiger partial charge is 0.407 e. The lowest BCUT2D eigenvalue weighted by Gasteiger charge is -2.34. The van der Waals surface area contributed by atoms with Crippen LogP contribution in [0, 0.1) is 17.3 Å². The Balaban J connectivity index is 1.55. The number of hydrogen-bond acceptors (Lipinski definition) is 4. The van der Waals surface area contributed by atoms with E-state index in [1.54, 1.807) is 0 Å². The van der Waals surface area contributed by atoms with Gasteiger partial charge in [-0.3, -0.25) is 0 Å². The van der Waals surface area contributed by atoms with Crippen molar-refractivity contribution in [2.45, 2.75) is 123 Å². The largest absolute Gasteiger partial charge is 0.450 e. The molecule has 0 aliphatic heterocycles. The molecule has 6 nitrogen and oxygen atoms in total. The Kier molecular flexibility index (Phi) is 10.4. The van der Waals surface area contributed by atoms with Crippen LogP contribution in [0.25, 0.3) is 0 Å². The quantitative estimate of drug-likeness (QED) is 0.444. The second kappa shape index (κ2) is 12.5. The van der Waals surface area contributed by atoms with E-state index < -0.39 is 0 Å². The van der Waals surface area contributed by atoms with Gasteiger partial charge < -0.3 is 20.1 Å². The summed E-state index contributed by atoms with van der Waals surface area (Å²) in [5.74, 6) is 1.53. The van der Waals surface area contributed by atoms with Crippen molar-refractivity contribution in [3.63, 3.8) is 0 Å².